The Morgan fingerprint density at radius 3 is 1.71 bits per heavy atom. The highest BCUT2D eigenvalue weighted by Gasteiger charge is 2.45. The first-order valence-corrected chi connectivity index (χ1v) is 15.3. The van der Waals surface area contributed by atoms with Crippen LogP contribution >= 0.6 is 11.8 Å². The Hall–Kier alpha value is -4.85. The van der Waals surface area contributed by atoms with E-state index in [1.807, 2.05) is 11.8 Å². The van der Waals surface area contributed by atoms with Crippen LogP contribution in [0.5, 0.6) is 0 Å². The summed E-state index contributed by atoms with van der Waals surface area (Å²) in [5.41, 5.74) is 12.7. The van der Waals surface area contributed by atoms with Gasteiger partial charge in [-0.1, -0.05) is 157 Å². The van der Waals surface area contributed by atoms with Crippen LogP contribution < -0.4 is 0 Å². The minimum atomic E-state index is -0.360. The second-order valence-corrected chi connectivity index (χ2v) is 12.3. The average molecular weight is 551 g/mol. The van der Waals surface area contributed by atoms with Crippen LogP contribution in [0.15, 0.2) is 168 Å². The molecule has 0 nitrogen and oxygen atoms in total. The number of benzene rings is 7. The van der Waals surface area contributed by atoms with Crippen molar-refractivity contribution in [1.82, 2.24) is 0 Å². The number of rotatable bonds is 3. The van der Waals surface area contributed by atoms with Gasteiger partial charge in [0.15, 0.2) is 0 Å². The van der Waals surface area contributed by atoms with Gasteiger partial charge in [0, 0.05) is 15.2 Å². The van der Waals surface area contributed by atoms with Gasteiger partial charge in [-0.3, -0.25) is 0 Å². The summed E-state index contributed by atoms with van der Waals surface area (Å²) in [5.74, 6) is 0. The van der Waals surface area contributed by atoms with E-state index in [0.717, 1.165) is 0 Å². The minimum absolute atomic E-state index is 0.360. The van der Waals surface area contributed by atoms with Gasteiger partial charge in [-0.15, -0.1) is 0 Å². The molecule has 0 amide bonds. The summed E-state index contributed by atoms with van der Waals surface area (Å²) in [6.45, 7) is 0. The zero-order valence-corrected chi connectivity index (χ0v) is 23.7. The molecule has 9 rings (SSSR count). The van der Waals surface area contributed by atoms with Crippen molar-refractivity contribution in [2.75, 3.05) is 0 Å². The van der Waals surface area contributed by atoms with E-state index in [0.29, 0.717) is 0 Å². The van der Waals surface area contributed by atoms with Crippen LogP contribution in [0.3, 0.4) is 0 Å². The van der Waals surface area contributed by atoms with Gasteiger partial charge in [-0.25, -0.2) is 0 Å². The molecule has 0 atom stereocenters. The van der Waals surface area contributed by atoms with E-state index in [1.54, 1.807) is 0 Å². The number of hydrogen-bond donors (Lipinski definition) is 0. The van der Waals surface area contributed by atoms with E-state index < -0.39 is 0 Å². The Morgan fingerprint density at radius 2 is 0.976 bits per heavy atom. The van der Waals surface area contributed by atoms with Gasteiger partial charge in [0.05, 0.1) is 5.41 Å². The quantitative estimate of drug-likeness (QED) is 0.211. The molecular formula is C41H26S. The Labute approximate surface area is 250 Å². The van der Waals surface area contributed by atoms with Crippen LogP contribution in [0, 0.1) is 0 Å². The maximum absolute atomic E-state index is 2.37. The van der Waals surface area contributed by atoms with Crippen molar-refractivity contribution < 1.29 is 0 Å². The van der Waals surface area contributed by atoms with Crippen LogP contribution in [0.1, 0.15) is 22.3 Å². The van der Waals surface area contributed by atoms with Gasteiger partial charge in [0.25, 0.3) is 0 Å². The summed E-state index contributed by atoms with van der Waals surface area (Å²) in [6.07, 6.45) is 0. The Kier molecular flexibility index (Phi) is 5.15. The van der Waals surface area contributed by atoms with Gasteiger partial charge in [0.1, 0.15) is 0 Å². The summed E-state index contributed by atoms with van der Waals surface area (Å²) < 4.78 is 0. The average Bonchev–Trinajstić information content (AvgIpc) is 3.36. The molecule has 7 aromatic carbocycles. The molecule has 0 saturated carbocycles. The van der Waals surface area contributed by atoms with E-state index in [2.05, 4.69) is 158 Å². The van der Waals surface area contributed by atoms with Crippen molar-refractivity contribution in [3.63, 3.8) is 0 Å². The lowest BCUT2D eigenvalue weighted by Crippen LogP contribution is -2.28. The van der Waals surface area contributed by atoms with Crippen LogP contribution in [0.25, 0.3) is 44.2 Å². The standard InChI is InChI=1S/C41H26S/c1-2-12-30(13-3-1)41(36-17-6-4-14-32(36)33-15-5-7-18-37(33)41)31-23-20-27(21-24-31)29-22-25-34-35-16-8-10-28-11-9-19-38(40(28)35)42-39(34)26-29/h1-26H. The molecule has 42 heavy (non-hydrogen) atoms. The molecule has 2 aliphatic rings. The predicted octanol–water partition coefficient (Wildman–Crippen LogP) is 11.0. The lowest BCUT2D eigenvalue weighted by atomic mass is 9.67. The van der Waals surface area contributed by atoms with Gasteiger partial charge >= 0.3 is 0 Å². The first-order chi connectivity index (χ1) is 20.8. The molecule has 0 unspecified atom stereocenters. The zero-order valence-electron chi connectivity index (χ0n) is 22.9. The highest BCUT2D eigenvalue weighted by atomic mass is 32.2. The number of fused-ring (bicyclic) bond motifs is 5. The third kappa shape index (κ3) is 3.26. The van der Waals surface area contributed by atoms with Gasteiger partial charge in [0.2, 0.25) is 0 Å². The Balaban J connectivity index is 1.19. The maximum Gasteiger partial charge on any atom is 0.0713 e. The fraction of sp³-hybridized carbons (Fsp3) is 0.0244. The molecule has 0 radical (unpaired) electrons. The van der Waals surface area contributed by atoms with E-state index in [-0.39, 0.29) is 5.41 Å². The first kappa shape index (κ1) is 23.8. The van der Waals surface area contributed by atoms with Crippen LogP contribution in [-0.2, 0) is 5.41 Å². The Bertz CT molecular complexity index is 2100. The molecule has 1 aliphatic heterocycles. The molecule has 1 heterocycles. The molecule has 196 valence electrons. The monoisotopic (exact) mass is 550 g/mol. The first-order valence-electron chi connectivity index (χ1n) is 14.5. The van der Waals surface area contributed by atoms with E-state index in [4.69, 9.17) is 0 Å². The SMILES string of the molecule is c1ccc(C2(c3ccc(-c4ccc5c(c4)Sc4cccc6cccc-5c46)cc3)c3ccccc3-c3ccccc32)cc1. The third-order valence-corrected chi connectivity index (χ3v) is 10.3. The van der Waals surface area contributed by atoms with E-state index in [1.165, 1.54) is 76.2 Å². The topological polar surface area (TPSA) is 0 Å². The number of hydrogen-bond acceptors (Lipinski definition) is 1. The molecule has 7 aromatic rings. The van der Waals surface area contributed by atoms with Crippen molar-refractivity contribution in [1.29, 1.82) is 0 Å². The highest BCUT2D eigenvalue weighted by molar-refractivity contribution is 7.99. The smallest absolute Gasteiger partial charge is 0.0713 e. The van der Waals surface area contributed by atoms with Crippen molar-refractivity contribution in [3.8, 4) is 33.4 Å². The zero-order chi connectivity index (χ0) is 27.7. The maximum atomic E-state index is 2.37. The van der Waals surface area contributed by atoms with E-state index >= 15 is 0 Å². The van der Waals surface area contributed by atoms with Crippen LogP contribution in [-0.4, -0.2) is 0 Å². The molecule has 0 bridgehead atoms. The summed E-state index contributed by atoms with van der Waals surface area (Å²) in [5, 5.41) is 2.68. The second kappa shape index (κ2) is 9.08. The fourth-order valence-electron chi connectivity index (χ4n) is 7.37. The third-order valence-electron chi connectivity index (χ3n) is 9.17. The molecule has 0 saturated heterocycles. The van der Waals surface area contributed by atoms with Crippen LogP contribution in [0.4, 0.5) is 0 Å². The van der Waals surface area contributed by atoms with Crippen molar-refractivity contribution in [2.24, 2.45) is 0 Å². The van der Waals surface area contributed by atoms with Crippen molar-refractivity contribution in [2.45, 2.75) is 15.2 Å². The largest absolute Gasteiger partial charge is 0.0888 e. The van der Waals surface area contributed by atoms with Gasteiger partial charge < -0.3 is 0 Å². The summed E-state index contributed by atoms with van der Waals surface area (Å²) in [4.78, 5) is 2.66. The molecule has 0 aromatic heterocycles. The highest BCUT2D eigenvalue weighted by Crippen LogP contribution is 2.56. The molecule has 0 fully saturated rings. The lowest BCUT2D eigenvalue weighted by Gasteiger charge is -2.34. The molecule has 0 spiro atoms. The molecule has 1 aliphatic carbocycles. The van der Waals surface area contributed by atoms with Crippen molar-refractivity contribution in [3.05, 3.63) is 180 Å². The normalized spacial score (nSPS) is 13.8. The summed E-state index contributed by atoms with van der Waals surface area (Å²) in [6, 6.07) is 58.5. The van der Waals surface area contributed by atoms with Gasteiger partial charge in [-0.2, -0.15) is 0 Å². The fourth-order valence-corrected chi connectivity index (χ4v) is 8.56. The summed E-state index contributed by atoms with van der Waals surface area (Å²) in [7, 11) is 0. The summed E-state index contributed by atoms with van der Waals surface area (Å²) >= 11 is 1.89. The molecule has 1 heteroatoms. The lowest BCUT2D eigenvalue weighted by molar-refractivity contribution is 0.768. The Morgan fingerprint density at radius 1 is 0.381 bits per heavy atom. The van der Waals surface area contributed by atoms with Gasteiger partial charge in [-0.05, 0) is 73.2 Å². The van der Waals surface area contributed by atoms with Crippen molar-refractivity contribution >= 4 is 22.5 Å². The molecule has 0 N–H and O–H groups in total. The predicted molar refractivity (Wildman–Crippen MR) is 176 cm³/mol. The minimum Gasteiger partial charge on any atom is -0.0888 e. The second-order valence-electron chi connectivity index (χ2n) is 11.3. The molecular weight excluding hydrogens is 525 g/mol. The van der Waals surface area contributed by atoms with E-state index in [9.17, 15) is 0 Å². The van der Waals surface area contributed by atoms with Crippen LogP contribution in [0.2, 0.25) is 0 Å².